The molecule has 0 rings (SSSR count). The van der Waals surface area contributed by atoms with Gasteiger partial charge >= 0.3 is 17.9 Å². The standard InChI is InChI=1S/C57H110O6/c1-6-7-8-9-10-11-12-13-15-20-23-28-34-39-44-49-57(60)63-54(51-62-56(59)48-43-38-33-29-24-26-31-36-41-46-53(4)5)50-61-55(58)47-42-37-32-27-22-19-17-14-16-18-21-25-30-35-40-45-52(2)3/h52-54H,6-51H2,1-5H3/t54-/m1/s1. The molecule has 0 aromatic rings. The van der Waals surface area contributed by atoms with Gasteiger partial charge in [-0.05, 0) is 31.1 Å². The predicted octanol–water partition coefficient (Wildman–Crippen LogP) is 18.5. The van der Waals surface area contributed by atoms with E-state index >= 15 is 0 Å². The van der Waals surface area contributed by atoms with Crippen LogP contribution in [-0.4, -0.2) is 37.2 Å². The monoisotopic (exact) mass is 891 g/mol. The molecular formula is C57H110O6. The molecule has 6 nitrogen and oxygen atoms in total. The number of rotatable bonds is 51. The summed E-state index contributed by atoms with van der Waals surface area (Å²) in [4.78, 5) is 38.1. The van der Waals surface area contributed by atoms with Crippen LogP contribution in [0.2, 0.25) is 0 Å². The Balaban J connectivity index is 4.28. The largest absolute Gasteiger partial charge is 0.462 e. The molecule has 6 heteroatoms. The van der Waals surface area contributed by atoms with Crippen molar-refractivity contribution >= 4 is 17.9 Å². The third-order valence-corrected chi connectivity index (χ3v) is 13.0. The first-order valence-electron chi connectivity index (χ1n) is 28.2. The Hall–Kier alpha value is -1.59. The Labute approximate surface area is 393 Å². The van der Waals surface area contributed by atoms with Gasteiger partial charge in [0.1, 0.15) is 13.2 Å². The number of carbonyl (C=O) groups is 3. The fraction of sp³-hybridized carbons (Fsp3) is 0.947. The van der Waals surface area contributed by atoms with Crippen LogP contribution < -0.4 is 0 Å². The van der Waals surface area contributed by atoms with E-state index in [1.165, 1.54) is 205 Å². The summed E-state index contributed by atoms with van der Waals surface area (Å²) in [5.74, 6) is 0.816. The minimum Gasteiger partial charge on any atom is -0.462 e. The minimum atomic E-state index is -0.762. The first-order chi connectivity index (χ1) is 30.7. The zero-order valence-electron chi connectivity index (χ0n) is 43.2. The van der Waals surface area contributed by atoms with E-state index in [-0.39, 0.29) is 31.1 Å². The fourth-order valence-electron chi connectivity index (χ4n) is 8.70. The number of unbranched alkanes of at least 4 members (excludes halogenated alkanes) is 36. The Bertz CT molecular complexity index is 962. The molecule has 0 saturated heterocycles. The summed E-state index contributed by atoms with van der Waals surface area (Å²) in [5, 5.41) is 0. The summed E-state index contributed by atoms with van der Waals surface area (Å²) in [6, 6.07) is 0. The molecule has 1 atom stereocenters. The quantitative estimate of drug-likeness (QED) is 0.0344. The van der Waals surface area contributed by atoms with Crippen molar-refractivity contribution in [1.82, 2.24) is 0 Å². The fourth-order valence-corrected chi connectivity index (χ4v) is 8.70. The van der Waals surface area contributed by atoms with Crippen LogP contribution in [0.25, 0.3) is 0 Å². The van der Waals surface area contributed by atoms with Crippen LogP contribution in [0.4, 0.5) is 0 Å². The molecule has 0 aliphatic carbocycles. The lowest BCUT2D eigenvalue weighted by atomic mass is 10.0. The van der Waals surface area contributed by atoms with Crippen molar-refractivity contribution in [3.63, 3.8) is 0 Å². The maximum absolute atomic E-state index is 12.8. The van der Waals surface area contributed by atoms with Gasteiger partial charge in [-0.1, -0.05) is 279 Å². The summed E-state index contributed by atoms with van der Waals surface area (Å²) >= 11 is 0. The van der Waals surface area contributed by atoms with Gasteiger partial charge in [0, 0.05) is 19.3 Å². The summed E-state index contributed by atoms with van der Waals surface area (Å²) < 4.78 is 16.9. The van der Waals surface area contributed by atoms with Gasteiger partial charge in [-0.2, -0.15) is 0 Å². The molecule has 0 aromatic carbocycles. The molecule has 0 radical (unpaired) electrons. The van der Waals surface area contributed by atoms with E-state index in [0.29, 0.717) is 19.3 Å². The molecule has 63 heavy (non-hydrogen) atoms. The van der Waals surface area contributed by atoms with E-state index in [0.717, 1.165) is 69.6 Å². The van der Waals surface area contributed by atoms with Crippen LogP contribution in [0, 0.1) is 11.8 Å². The number of hydrogen-bond acceptors (Lipinski definition) is 6. The SMILES string of the molecule is CCCCCCCCCCCCCCCCCC(=O)O[C@H](COC(=O)CCCCCCCCCCCCCCCCCC(C)C)COC(=O)CCCCCCCCCCCC(C)C. The van der Waals surface area contributed by atoms with Gasteiger partial charge in [0.05, 0.1) is 0 Å². The van der Waals surface area contributed by atoms with E-state index in [1.54, 1.807) is 0 Å². The molecule has 0 amide bonds. The molecule has 0 N–H and O–H groups in total. The Morgan fingerprint density at radius 3 is 0.778 bits per heavy atom. The van der Waals surface area contributed by atoms with Gasteiger partial charge in [-0.3, -0.25) is 14.4 Å². The van der Waals surface area contributed by atoms with Gasteiger partial charge in [-0.15, -0.1) is 0 Å². The molecule has 0 spiro atoms. The lowest BCUT2D eigenvalue weighted by Crippen LogP contribution is -2.30. The third kappa shape index (κ3) is 51.3. The first-order valence-corrected chi connectivity index (χ1v) is 28.2. The lowest BCUT2D eigenvalue weighted by molar-refractivity contribution is -0.167. The molecule has 0 aromatic heterocycles. The van der Waals surface area contributed by atoms with Crippen molar-refractivity contribution in [2.45, 2.75) is 323 Å². The molecule has 0 unspecified atom stereocenters. The number of carbonyl (C=O) groups excluding carboxylic acids is 3. The average molecular weight is 892 g/mol. The normalized spacial score (nSPS) is 12.0. The topological polar surface area (TPSA) is 78.9 Å². The number of esters is 3. The van der Waals surface area contributed by atoms with Crippen molar-refractivity contribution in [3.8, 4) is 0 Å². The number of hydrogen-bond donors (Lipinski definition) is 0. The summed E-state index contributed by atoms with van der Waals surface area (Å²) in [6.07, 6.45) is 52.4. The maximum atomic E-state index is 12.8. The van der Waals surface area contributed by atoms with Gasteiger partial charge in [0.15, 0.2) is 6.10 Å². The van der Waals surface area contributed by atoms with Crippen LogP contribution in [0.5, 0.6) is 0 Å². The van der Waals surface area contributed by atoms with Crippen LogP contribution >= 0.6 is 0 Å². The Morgan fingerprint density at radius 1 is 0.302 bits per heavy atom. The van der Waals surface area contributed by atoms with Crippen LogP contribution in [0.1, 0.15) is 317 Å². The highest BCUT2D eigenvalue weighted by Gasteiger charge is 2.19. The average Bonchev–Trinajstić information content (AvgIpc) is 3.25. The van der Waals surface area contributed by atoms with Crippen molar-refractivity contribution < 1.29 is 28.6 Å². The van der Waals surface area contributed by atoms with Gasteiger partial charge in [0.25, 0.3) is 0 Å². The summed E-state index contributed by atoms with van der Waals surface area (Å²) in [6.45, 7) is 11.4. The van der Waals surface area contributed by atoms with Crippen LogP contribution in [0.15, 0.2) is 0 Å². The molecule has 374 valence electrons. The van der Waals surface area contributed by atoms with E-state index in [1.807, 2.05) is 0 Å². The zero-order chi connectivity index (χ0) is 46.1. The Kier molecular flexibility index (Phi) is 48.6. The Morgan fingerprint density at radius 2 is 0.524 bits per heavy atom. The molecular weight excluding hydrogens is 781 g/mol. The first kappa shape index (κ1) is 61.4. The van der Waals surface area contributed by atoms with Gasteiger partial charge in [-0.25, -0.2) is 0 Å². The van der Waals surface area contributed by atoms with E-state index in [4.69, 9.17) is 14.2 Å². The second kappa shape index (κ2) is 49.8. The van der Waals surface area contributed by atoms with E-state index in [9.17, 15) is 14.4 Å². The predicted molar refractivity (Wildman–Crippen MR) is 270 cm³/mol. The molecule has 0 bridgehead atoms. The van der Waals surface area contributed by atoms with Crippen LogP contribution in [0.3, 0.4) is 0 Å². The minimum absolute atomic E-state index is 0.0630. The van der Waals surface area contributed by atoms with E-state index < -0.39 is 6.10 Å². The highest BCUT2D eigenvalue weighted by atomic mass is 16.6. The van der Waals surface area contributed by atoms with E-state index in [2.05, 4.69) is 34.6 Å². The van der Waals surface area contributed by atoms with Crippen molar-refractivity contribution in [1.29, 1.82) is 0 Å². The second-order valence-corrected chi connectivity index (χ2v) is 20.5. The highest BCUT2D eigenvalue weighted by Crippen LogP contribution is 2.18. The maximum Gasteiger partial charge on any atom is 0.306 e. The van der Waals surface area contributed by atoms with Crippen LogP contribution in [-0.2, 0) is 28.6 Å². The highest BCUT2D eigenvalue weighted by molar-refractivity contribution is 5.71. The molecule has 0 aliphatic heterocycles. The second-order valence-electron chi connectivity index (χ2n) is 20.5. The summed E-state index contributed by atoms with van der Waals surface area (Å²) in [7, 11) is 0. The summed E-state index contributed by atoms with van der Waals surface area (Å²) in [5.41, 5.74) is 0. The van der Waals surface area contributed by atoms with Gasteiger partial charge < -0.3 is 14.2 Å². The van der Waals surface area contributed by atoms with Gasteiger partial charge in [0.2, 0.25) is 0 Å². The molecule has 0 fully saturated rings. The third-order valence-electron chi connectivity index (χ3n) is 13.0. The zero-order valence-corrected chi connectivity index (χ0v) is 43.2. The molecule has 0 aliphatic rings. The van der Waals surface area contributed by atoms with Crippen molar-refractivity contribution in [2.75, 3.05) is 13.2 Å². The number of ether oxygens (including phenoxy) is 3. The molecule has 0 heterocycles. The smallest absolute Gasteiger partial charge is 0.306 e. The lowest BCUT2D eigenvalue weighted by Gasteiger charge is -2.18. The molecule has 0 saturated carbocycles. The van der Waals surface area contributed by atoms with Crippen molar-refractivity contribution in [2.24, 2.45) is 11.8 Å². The van der Waals surface area contributed by atoms with Crippen molar-refractivity contribution in [3.05, 3.63) is 0 Å².